The second kappa shape index (κ2) is 6.97. The lowest BCUT2D eigenvalue weighted by Crippen LogP contribution is -2.35. The van der Waals surface area contributed by atoms with Gasteiger partial charge in [0.15, 0.2) is 18.2 Å². The van der Waals surface area contributed by atoms with E-state index in [4.69, 9.17) is 4.74 Å². The molecule has 1 saturated heterocycles. The largest absolute Gasteiger partial charge is 0.481 e. The topological polar surface area (TPSA) is 49.8 Å². The normalized spacial score (nSPS) is 20.2. The van der Waals surface area contributed by atoms with Crippen LogP contribution >= 0.6 is 0 Å². The van der Waals surface area contributed by atoms with Crippen molar-refractivity contribution in [2.75, 3.05) is 13.2 Å². The van der Waals surface area contributed by atoms with E-state index in [1.807, 2.05) is 0 Å². The van der Waals surface area contributed by atoms with Gasteiger partial charge in [-0.05, 0) is 36.2 Å². The van der Waals surface area contributed by atoms with Crippen LogP contribution in [0.3, 0.4) is 0 Å². The van der Waals surface area contributed by atoms with Gasteiger partial charge in [0.25, 0.3) is 5.91 Å². The van der Waals surface area contributed by atoms with Gasteiger partial charge in [-0.15, -0.1) is 0 Å². The zero-order chi connectivity index (χ0) is 17.1. The molecule has 24 heavy (non-hydrogen) atoms. The molecule has 126 valence electrons. The predicted molar refractivity (Wildman–Crippen MR) is 83.4 cm³/mol. The molecule has 2 atom stereocenters. The lowest BCUT2D eigenvalue weighted by Gasteiger charge is -2.24. The van der Waals surface area contributed by atoms with Crippen LogP contribution in [0.4, 0.5) is 8.78 Å². The first-order chi connectivity index (χ1) is 11.5. The van der Waals surface area contributed by atoms with Gasteiger partial charge < -0.3 is 14.7 Å². The Balaban J connectivity index is 1.70. The van der Waals surface area contributed by atoms with Crippen molar-refractivity contribution in [3.63, 3.8) is 0 Å². The Labute approximate surface area is 138 Å². The van der Waals surface area contributed by atoms with Crippen molar-refractivity contribution in [1.29, 1.82) is 0 Å². The summed E-state index contributed by atoms with van der Waals surface area (Å²) in [6.07, 6.45) is -0.283. The first-order valence-corrected chi connectivity index (χ1v) is 7.65. The number of carbonyl (C=O) groups is 1. The summed E-state index contributed by atoms with van der Waals surface area (Å²) >= 11 is 0. The maximum atomic E-state index is 13.5. The third-order valence-electron chi connectivity index (χ3n) is 4.04. The van der Waals surface area contributed by atoms with Crippen LogP contribution in [0, 0.1) is 11.6 Å². The molecule has 1 amide bonds. The van der Waals surface area contributed by atoms with E-state index in [0.29, 0.717) is 6.42 Å². The Kier molecular flexibility index (Phi) is 4.76. The van der Waals surface area contributed by atoms with E-state index in [-0.39, 0.29) is 36.7 Å². The third kappa shape index (κ3) is 3.54. The summed E-state index contributed by atoms with van der Waals surface area (Å²) in [4.78, 5) is 13.9. The maximum absolute atomic E-state index is 13.5. The lowest BCUT2D eigenvalue weighted by atomic mass is 10.0. The number of rotatable bonds is 4. The van der Waals surface area contributed by atoms with Crippen molar-refractivity contribution in [2.45, 2.75) is 18.6 Å². The molecule has 0 radical (unpaired) electrons. The van der Waals surface area contributed by atoms with Gasteiger partial charge in [0.2, 0.25) is 0 Å². The molecule has 1 aliphatic heterocycles. The van der Waals surface area contributed by atoms with Crippen molar-refractivity contribution in [2.24, 2.45) is 0 Å². The fourth-order valence-electron chi connectivity index (χ4n) is 2.87. The van der Waals surface area contributed by atoms with E-state index in [2.05, 4.69) is 0 Å². The summed E-state index contributed by atoms with van der Waals surface area (Å²) in [5, 5.41) is 9.90. The highest BCUT2D eigenvalue weighted by atomic mass is 19.1. The molecule has 0 unspecified atom stereocenters. The Morgan fingerprint density at radius 1 is 1.17 bits per heavy atom. The molecule has 1 fully saturated rings. The van der Waals surface area contributed by atoms with Gasteiger partial charge in [0.1, 0.15) is 5.82 Å². The van der Waals surface area contributed by atoms with Crippen LogP contribution in [0.15, 0.2) is 48.5 Å². The number of aliphatic hydroxyl groups is 1. The predicted octanol–water partition coefficient (Wildman–Crippen LogP) is 2.68. The minimum absolute atomic E-state index is 0.00364. The number of amides is 1. The zero-order valence-corrected chi connectivity index (χ0v) is 12.9. The molecule has 1 N–H and O–H groups in total. The third-order valence-corrected chi connectivity index (χ3v) is 4.04. The zero-order valence-electron chi connectivity index (χ0n) is 12.9. The molecule has 6 heteroatoms. The molecule has 0 spiro atoms. The fraction of sp³-hybridized carbons (Fsp3) is 0.278. The van der Waals surface area contributed by atoms with Gasteiger partial charge >= 0.3 is 0 Å². The molecule has 0 aromatic heterocycles. The van der Waals surface area contributed by atoms with E-state index >= 15 is 0 Å². The second-order valence-electron chi connectivity index (χ2n) is 5.72. The van der Waals surface area contributed by atoms with Crippen LogP contribution in [-0.2, 0) is 4.79 Å². The minimum atomic E-state index is -0.655. The summed E-state index contributed by atoms with van der Waals surface area (Å²) in [5.74, 6) is -1.26. The van der Waals surface area contributed by atoms with Crippen molar-refractivity contribution >= 4 is 5.91 Å². The summed E-state index contributed by atoms with van der Waals surface area (Å²) in [7, 11) is 0. The number of benzene rings is 2. The van der Waals surface area contributed by atoms with Crippen molar-refractivity contribution in [1.82, 2.24) is 4.90 Å². The van der Waals surface area contributed by atoms with Gasteiger partial charge in [0.05, 0.1) is 12.1 Å². The van der Waals surface area contributed by atoms with Crippen LogP contribution in [0.1, 0.15) is 18.0 Å². The van der Waals surface area contributed by atoms with Crippen LogP contribution in [-0.4, -0.2) is 35.2 Å². The SMILES string of the molecule is O=C(COc1ccccc1F)N1C[C@@H](O)C[C@@H]1c1ccc(F)cc1. The molecule has 0 bridgehead atoms. The van der Waals surface area contributed by atoms with Crippen LogP contribution in [0.5, 0.6) is 5.75 Å². The molecule has 1 heterocycles. The quantitative estimate of drug-likeness (QED) is 0.936. The van der Waals surface area contributed by atoms with E-state index in [1.54, 1.807) is 18.2 Å². The maximum Gasteiger partial charge on any atom is 0.261 e. The number of carbonyl (C=O) groups excluding carboxylic acids is 1. The fourth-order valence-corrected chi connectivity index (χ4v) is 2.87. The van der Waals surface area contributed by atoms with E-state index < -0.39 is 11.9 Å². The molecule has 4 nitrogen and oxygen atoms in total. The van der Waals surface area contributed by atoms with Crippen LogP contribution in [0.2, 0.25) is 0 Å². The van der Waals surface area contributed by atoms with Gasteiger partial charge in [0, 0.05) is 6.54 Å². The van der Waals surface area contributed by atoms with Gasteiger partial charge in [-0.2, -0.15) is 0 Å². The minimum Gasteiger partial charge on any atom is -0.481 e. The molecule has 0 aliphatic carbocycles. The Morgan fingerprint density at radius 2 is 1.88 bits per heavy atom. The monoisotopic (exact) mass is 333 g/mol. The van der Waals surface area contributed by atoms with Gasteiger partial charge in [-0.1, -0.05) is 24.3 Å². The second-order valence-corrected chi connectivity index (χ2v) is 5.72. The van der Waals surface area contributed by atoms with Crippen molar-refractivity contribution in [3.8, 4) is 5.75 Å². The number of para-hydroxylation sites is 1. The summed E-state index contributed by atoms with van der Waals surface area (Å²) in [6, 6.07) is 11.3. The number of nitrogens with zero attached hydrogens (tertiary/aromatic N) is 1. The smallest absolute Gasteiger partial charge is 0.261 e. The number of β-amino-alcohol motifs (C(OH)–C–C–N with tert-alkyl or cyclic N) is 1. The number of hydrogen-bond acceptors (Lipinski definition) is 3. The Bertz CT molecular complexity index is 720. The van der Waals surface area contributed by atoms with E-state index in [9.17, 15) is 18.7 Å². The van der Waals surface area contributed by atoms with Gasteiger partial charge in [-0.25, -0.2) is 8.78 Å². The highest BCUT2D eigenvalue weighted by Crippen LogP contribution is 2.32. The first kappa shape index (κ1) is 16.4. The molecule has 0 saturated carbocycles. The average molecular weight is 333 g/mol. The molecular formula is C18H17F2NO3. The van der Waals surface area contributed by atoms with E-state index in [1.165, 1.54) is 35.2 Å². The molecule has 2 aromatic carbocycles. The Morgan fingerprint density at radius 3 is 2.58 bits per heavy atom. The number of likely N-dealkylation sites (tertiary alicyclic amines) is 1. The molecular weight excluding hydrogens is 316 g/mol. The standard InChI is InChI=1S/C18H17F2NO3/c19-13-7-5-12(6-8-13)16-9-14(22)10-21(16)18(23)11-24-17-4-2-1-3-15(17)20/h1-8,14,16,22H,9-11H2/t14-,16+/m0/s1. The summed E-state index contributed by atoms with van der Waals surface area (Å²) in [5.41, 5.74) is 0.743. The number of halogens is 2. The number of ether oxygens (including phenoxy) is 1. The van der Waals surface area contributed by atoms with Gasteiger partial charge in [-0.3, -0.25) is 4.79 Å². The van der Waals surface area contributed by atoms with E-state index in [0.717, 1.165) is 5.56 Å². The molecule has 3 rings (SSSR count). The highest BCUT2D eigenvalue weighted by Gasteiger charge is 2.35. The summed E-state index contributed by atoms with van der Waals surface area (Å²) < 4.78 is 31.8. The molecule has 2 aromatic rings. The number of hydrogen-bond donors (Lipinski definition) is 1. The van der Waals surface area contributed by atoms with Crippen molar-refractivity contribution < 1.29 is 23.4 Å². The lowest BCUT2D eigenvalue weighted by molar-refractivity contribution is -0.134. The van der Waals surface area contributed by atoms with Crippen molar-refractivity contribution in [3.05, 3.63) is 65.7 Å². The summed E-state index contributed by atoms with van der Waals surface area (Å²) in [6.45, 7) is -0.160. The number of aliphatic hydroxyl groups excluding tert-OH is 1. The first-order valence-electron chi connectivity index (χ1n) is 7.65. The molecule has 1 aliphatic rings. The van der Waals surface area contributed by atoms with Crippen LogP contribution in [0.25, 0.3) is 0 Å². The highest BCUT2D eigenvalue weighted by molar-refractivity contribution is 5.78. The Hall–Kier alpha value is -2.47. The van der Waals surface area contributed by atoms with Crippen LogP contribution < -0.4 is 4.74 Å². The average Bonchev–Trinajstić information content (AvgIpc) is 2.96.